The van der Waals surface area contributed by atoms with Gasteiger partial charge in [0.2, 0.25) is 10.0 Å². The lowest BCUT2D eigenvalue weighted by Gasteiger charge is -2.28. The molecule has 2 atom stereocenters. The third kappa shape index (κ3) is 3.78. The summed E-state index contributed by atoms with van der Waals surface area (Å²) in [6.07, 6.45) is 2.04. The first-order chi connectivity index (χ1) is 9.40. The molecule has 0 radical (unpaired) electrons. The molecule has 112 valence electrons. The summed E-state index contributed by atoms with van der Waals surface area (Å²) in [6.45, 7) is 3.64. The molecule has 0 amide bonds. The molecular weight excluding hydrogens is 347 g/mol. The second kappa shape index (κ2) is 6.51. The van der Waals surface area contributed by atoms with Gasteiger partial charge in [-0.15, -0.1) is 0 Å². The lowest BCUT2D eigenvalue weighted by atomic mass is 9.94. The second-order valence-corrected chi connectivity index (χ2v) is 7.66. The molecule has 1 heterocycles. The number of hydrogen-bond acceptors (Lipinski definition) is 3. The highest BCUT2D eigenvalue weighted by Crippen LogP contribution is 2.21. The Morgan fingerprint density at radius 3 is 2.85 bits per heavy atom. The maximum absolute atomic E-state index is 13.5. The summed E-state index contributed by atoms with van der Waals surface area (Å²) in [7, 11) is -3.69. The third-order valence-electron chi connectivity index (χ3n) is 3.58. The number of hydrogen-bond donors (Lipinski definition) is 2. The number of nitrogens with one attached hydrogen (secondary N) is 2. The van der Waals surface area contributed by atoms with E-state index < -0.39 is 15.8 Å². The molecule has 1 aliphatic heterocycles. The van der Waals surface area contributed by atoms with E-state index in [-0.39, 0.29) is 21.3 Å². The van der Waals surface area contributed by atoms with Gasteiger partial charge in [-0.05, 0) is 72.9 Å². The van der Waals surface area contributed by atoms with Gasteiger partial charge in [0.15, 0.2) is 0 Å². The van der Waals surface area contributed by atoms with Gasteiger partial charge in [0.1, 0.15) is 5.82 Å². The van der Waals surface area contributed by atoms with E-state index in [1.165, 1.54) is 12.1 Å². The van der Waals surface area contributed by atoms with Crippen LogP contribution < -0.4 is 10.0 Å². The minimum Gasteiger partial charge on any atom is -0.316 e. The summed E-state index contributed by atoms with van der Waals surface area (Å²) in [5.74, 6) is -0.321. The SMILES string of the molecule is CC(NS(=O)(=O)c1ccc(Br)c(F)c1)C1CCCNC1. The van der Waals surface area contributed by atoms with Crippen molar-refractivity contribution in [2.24, 2.45) is 5.92 Å². The van der Waals surface area contributed by atoms with E-state index in [9.17, 15) is 12.8 Å². The Balaban J connectivity index is 2.11. The lowest BCUT2D eigenvalue weighted by molar-refractivity contribution is 0.320. The van der Waals surface area contributed by atoms with Crippen LogP contribution >= 0.6 is 15.9 Å². The summed E-state index contributed by atoms with van der Waals surface area (Å²) in [5, 5.41) is 3.26. The Hall–Kier alpha value is -0.500. The van der Waals surface area contributed by atoms with Crippen molar-refractivity contribution >= 4 is 26.0 Å². The van der Waals surface area contributed by atoms with Crippen LogP contribution in [0.2, 0.25) is 0 Å². The fourth-order valence-electron chi connectivity index (χ4n) is 2.36. The van der Waals surface area contributed by atoms with E-state index >= 15 is 0 Å². The highest BCUT2D eigenvalue weighted by atomic mass is 79.9. The molecule has 2 N–H and O–H groups in total. The molecule has 0 aliphatic carbocycles. The standard InChI is InChI=1S/C13H18BrFN2O2S/c1-9(10-3-2-6-16-8-10)17-20(18,19)11-4-5-12(14)13(15)7-11/h4-5,7,9-10,16-17H,2-3,6,8H2,1H3. The topological polar surface area (TPSA) is 58.2 Å². The molecule has 0 aromatic heterocycles. The maximum atomic E-state index is 13.5. The second-order valence-electron chi connectivity index (χ2n) is 5.09. The van der Waals surface area contributed by atoms with Crippen molar-refractivity contribution in [3.05, 3.63) is 28.5 Å². The van der Waals surface area contributed by atoms with Crippen LogP contribution in [0.3, 0.4) is 0 Å². The van der Waals surface area contributed by atoms with E-state index in [0.29, 0.717) is 0 Å². The van der Waals surface area contributed by atoms with Crippen molar-refractivity contribution in [1.29, 1.82) is 0 Å². The fraction of sp³-hybridized carbons (Fsp3) is 0.538. The van der Waals surface area contributed by atoms with Crippen LogP contribution in [0.5, 0.6) is 0 Å². The predicted molar refractivity (Wildman–Crippen MR) is 79.5 cm³/mol. The van der Waals surface area contributed by atoms with Crippen molar-refractivity contribution in [2.75, 3.05) is 13.1 Å². The average molecular weight is 365 g/mol. The van der Waals surface area contributed by atoms with Crippen LogP contribution in [-0.4, -0.2) is 27.5 Å². The van der Waals surface area contributed by atoms with Crippen molar-refractivity contribution in [3.63, 3.8) is 0 Å². The summed E-state index contributed by atoms with van der Waals surface area (Å²) in [5.41, 5.74) is 0. The van der Waals surface area contributed by atoms with Gasteiger partial charge in [0.05, 0.1) is 9.37 Å². The number of sulfonamides is 1. The molecule has 0 spiro atoms. The van der Waals surface area contributed by atoms with E-state index in [2.05, 4.69) is 26.0 Å². The highest BCUT2D eigenvalue weighted by Gasteiger charge is 2.25. The molecule has 1 aromatic rings. The summed E-state index contributed by atoms with van der Waals surface area (Å²) >= 11 is 3.01. The molecule has 2 unspecified atom stereocenters. The first-order valence-corrected chi connectivity index (χ1v) is 8.86. The Kier molecular flexibility index (Phi) is 5.17. The van der Waals surface area contributed by atoms with E-state index in [1.807, 2.05) is 6.92 Å². The molecule has 4 nitrogen and oxygen atoms in total. The Morgan fingerprint density at radius 1 is 1.50 bits per heavy atom. The van der Waals surface area contributed by atoms with Gasteiger partial charge < -0.3 is 5.32 Å². The third-order valence-corrected chi connectivity index (χ3v) is 5.78. The monoisotopic (exact) mass is 364 g/mol. The molecule has 1 aromatic carbocycles. The Labute approximate surface area is 127 Å². The van der Waals surface area contributed by atoms with E-state index in [0.717, 1.165) is 32.0 Å². The molecule has 1 aliphatic rings. The van der Waals surface area contributed by atoms with Gasteiger partial charge in [-0.25, -0.2) is 17.5 Å². The van der Waals surface area contributed by atoms with E-state index in [1.54, 1.807) is 0 Å². The molecule has 2 rings (SSSR count). The zero-order valence-electron chi connectivity index (χ0n) is 11.2. The summed E-state index contributed by atoms with van der Waals surface area (Å²) in [4.78, 5) is -0.0474. The fourth-order valence-corrected chi connectivity index (χ4v) is 3.93. The lowest BCUT2D eigenvalue weighted by Crippen LogP contribution is -2.44. The van der Waals surface area contributed by atoms with Crippen molar-refractivity contribution < 1.29 is 12.8 Å². The number of halogens is 2. The van der Waals surface area contributed by atoms with Crippen LogP contribution in [0.4, 0.5) is 4.39 Å². The maximum Gasteiger partial charge on any atom is 0.240 e. The minimum absolute atomic E-state index is 0.0474. The number of benzene rings is 1. The van der Waals surface area contributed by atoms with Gasteiger partial charge in [0, 0.05) is 6.04 Å². The average Bonchev–Trinajstić information content (AvgIpc) is 2.42. The normalized spacial score (nSPS) is 21.6. The van der Waals surface area contributed by atoms with Crippen molar-refractivity contribution in [1.82, 2.24) is 10.0 Å². The first-order valence-electron chi connectivity index (χ1n) is 6.58. The summed E-state index contributed by atoms with van der Waals surface area (Å²) < 4.78 is 40.8. The molecular formula is C13H18BrFN2O2S. The van der Waals surface area contributed by atoms with Gasteiger partial charge in [-0.3, -0.25) is 0 Å². The molecule has 0 bridgehead atoms. The Morgan fingerprint density at radius 2 is 2.25 bits per heavy atom. The smallest absolute Gasteiger partial charge is 0.240 e. The zero-order chi connectivity index (χ0) is 14.8. The van der Waals surface area contributed by atoms with Gasteiger partial charge in [0.25, 0.3) is 0 Å². The molecule has 20 heavy (non-hydrogen) atoms. The van der Waals surface area contributed by atoms with Crippen LogP contribution in [0.15, 0.2) is 27.6 Å². The van der Waals surface area contributed by atoms with E-state index in [4.69, 9.17) is 0 Å². The van der Waals surface area contributed by atoms with Gasteiger partial charge in [-0.1, -0.05) is 0 Å². The van der Waals surface area contributed by atoms with Crippen LogP contribution in [0.1, 0.15) is 19.8 Å². The van der Waals surface area contributed by atoms with Crippen molar-refractivity contribution in [2.45, 2.75) is 30.7 Å². The highest BCUT2D eigenvalue weighted by molar-refractivity contribution is 9.10. The van der Waals surface area contributed by atoms with Crippen LogP contribution in [0.25, 0.3) is 0 Å². The predicted octanol–water partition coefficient (Wildman–Crippen LogP) is 2.25. The first kappa shape index (κ1) is 15.9. The largest absolute Gasteiger partial charge is 0.316 e. The van der Waals surface area contributed by atoms with Gasteiger partial charge >= 0.3 is 0 Å². The van der Waals surface area contributed by atoms with Crippen LogP contribution in [-0.2, 0) is 10.0 Å². The molecule has 0 saturated carbocycles. The molecule has 7 heteroatoms. The molecule has 1 fully saturated rings. The minimum atomic E-state index is -3.69. The number of rotatable bonds is 4. The van der Waals surface area contributed by atoms with Gasteiger partial charge in [-0.2, -0.15) is 0 Å². The Bertz CT molecular complexity index is 574. The van der Waals surface area contributed by atoms with Crippen LogP contribution in [0, 0.1) is 11.7 Å². The number of piperidine rings is 1. The quantitative estimate of drug-likeness (QED) is 0.861. The molecule has 1 saturated heterocycles. The van der Waals surface area contributed by atoms with Crippen molar-refractivity contribution in [3.8, 4) is 0 Å². The zero-order valence-corrected chi connectivity index (χ0v) is 13.6. The summed E-state index contributed by atoms with van der Waals surface area (Å²) in [6, 6.07) is 3.63.